The monoisotopic (exact) mass is 1100 g/mol. The van der Waals surface area contributed by atoms with Crippen LogP contribution in [0.1, 0.15) is 87.0 Å². The average molecular weight is 1100 g/mol. The van der Waals surface area contributed by atoms with E-state index in [9.17, 15) is 0 Å². The molecule has 0 fully saturated rings. The molecule has 0 atom stereocenters. The Balaban J connectivity index is 0.000000223. The molecule has 3 heterocycles. The van der Waals surface area contributed by atoms with Crippen molar-refractivity contribution in [3.05, 3.63) is 192 Å². The average Bonchev–Trinajstić information content (AvgIpc) is 3.92. The van der Waals surface area contributed by atoms with Crippen LogP contribution in [-0.4, -0.2) is 22.6 Å². The van der Waals surface area contributed by atoms with Gasteiger partial charge in [0.05, 0.1) is 30.5 Å². The first-order chi connectivity index (χ1) is 34.2. The van der Waals surface area contributed by atoms with Gasteiger partial charge in [0.25, 0.3) is 0 Å². The molecule has 6 heteroatoms. The van der Waals surface area contributed by atoms with E-state index in [1.807, 2.05) is 32.2 Å². The molecule has 4 nitrogen and oxygen atoms in total. The van der Waals surface area contributed by atoms with Crippen LogP contribution in [0.2, 0.25) is 19.6 Å². The maximum Gasteiger partial charge on any atom is 0.121 e. The third kappa shape index (κ3) is 9.14. The Labute approximate surface area is 427 Å². The molecule has 0 bridgehead atoms. The van der Waals surface area contributed by atoms with E-state index >= 15 is 0 Å². The minimum Gasteiger partial charge on any atom is -0.500 e. The van der Waals surface area contributed by atoms with Gasteiger partial charge in [0.1, 0.15) is 5.58 Å². The molecule has 0 unspecified atom stereocenters. The fraction of sp³-hybridized carbons (Fsp3) is 0.206. The summed E-state index contributed by atoms with van der Waals surface area (Å²) in [4.78, 5) is 9.86. The van der Waals surface area contributed by atoms with Crippen LogP contribution in [0.4, 0.5) is 0 Å². The van der Waals surface area contributed by atoms with E-state index in [0.29, 0.717) is 11.8 Å². The number of fused-ring (bicyclic) bond motifs is 7. The Kier molecular flexibility index (Phi) is 11.8. The third-order valence-corrected chi connectivity index (χ3v) is 15.2. The first kappa shape index (κ1) is 42.7. The van der Waals surface area contributed by atoms with E-state index in [1.165, 1.54) is 60.7 Å². The quantitative estimate of drug-likeness (QED) is 0.0865. The van der Waals surface area contributed by atoms with E-state index in [4.69, 9.17) is 14.9 Å². The number of furan rings is 1. The second-order valence-corrected chi connectivity index (χ2v) is 24.9. The largest absolute Gasteiger partial charge is 0.500 e. The van der Waals surface area contributed by atoms with Gasteiger partial charge < -0.3 is 14.0 Å². The summed E-state index contributed by atoms with van der Waals surface area (Å²) in [6, 6.07) is 59.0. The number of rotatable bonds is 8. The van der Waals surface area contributed by atoms with Crippen molar-refractivity contribution in [1.29, 1.82) is 0 Å². The second-order valence-electron chi connectivity index (χ2n) is 19.9. The van der Waals surface area contributed by atoms with Crippen molar-refractivity contribution < 1.29 is 30.0 Å². The smallest absolute Gasteiger partial charge is 0.121 e. The van der Waals surface area contributed by atoms with Crippen LogP contribution in [0.15, 0.2) is 162 Å². The zero-order valence-electron chi connectivity index (χ0n) is 44.7. The normalized spacial score (nSPS) is 13.1. The van der Waals surface area contributed by atoms with Crippen molar-refractivity contribution in [3.8, 4) is 39.5 Å². The number of para-hydroxylation sites is 2. The molecule has 11 rings (SSSR count). The van der Waals surface area contributed by atoms with Gasteiger partial charge >= 0.3 is 0 Å². The second kappa shape index (κ2) is 19.2. The molecule has 0 saturated heterocycles. The summed E-state index contributed by atoms with van der Waals surface area (Å²) in [6.07, 6.45) is 1.89. The molecule has 3 aromatic heterocycles. The number of benzene rings is 8. The molecule has 0 amide bonds. The molecular weight excluding hydrogens is 1040 g/mol. The van der Waals surface area contributed by atoms with Crippen molar-refractivity contribution >= 4 is 67.8 Å². The Morgan fingerprint density at radius 3 is 1.99 bits per heavy atom. The van der Waals surface area contributed by atoms with Gasteiger partial charge in [0, 0.05) is 42.9 Å². The van der Waals surface area contributed by atoms with E-state index in [-0.39, 0.29) is 25.7 Å². The summed E-state index contributed by atoms with van der Waals surface area (Å²) < 4.78 is 39.6. The molecule has 0 spiro atoms. The summed E-state index contributed by atoms with van der Waals surface area (Å²) in [5, 5.41) is 8.24. The molecular formula is C63H59IrN3OSi-2. The van der Waals surface area contributed by atoms with Gasteiger partial charge in [-0.3, -0.25) is 4.98 Å². The number of imidazole rings is 1. The summed E-state index contributed by atoms with van der Waals surface area (Å²) in [7, 11) is -1.61. The predicted molar refractivity (Wildman–Crippen MR) is 292 cm³/mol. The van der Waals surface area contributed by atoms with Crippen LogP contribution in [0.25, 0.3) is 94.0 Å². The number of hydrogen-bond donors (Lipinski definition) is 0. The van der Waals surface area contributed by atoms with Crippen molar-refractivity contribution in [3.63, 3.8) is 0 Å². The fourth-order valence-electron chi connectivity index (χ4n) is 9.60. The zero-order valence-corrected chi connectivity index (χ0v) is 44.1. The van der Waals surface area contributed by atoms with Crippen LogP contribution in [0.5, 0.6) is 0 Å². The summed E-state index contributed by atoms with van der Waals surface area (Å²) in [5.41, 5.74) is 13.7. The Morgan fingerprint density at radius 2 is 1.29 bits per heavy atom. The van der Waals surface area contributed by atoms with Crippen molar-refractivity contribution in [2.45, 2.75) is 85.8 Å². The van der Waals surface area contributed by atoms with E-state index in [1.54, 1.807) is 12.1 Å². The molecule has 0 aliphatic carbocycles. The first-order valence-corrected chi connectivity index (χ1v) is 27.2. The number of hydrogen-bond acceptors (Lipinski definition) is 3. The molecule has 0 aliphatic rings. The van der Waals surface area contributed by atoms with Crippen LogP contribution in [0, 0.1) is 19.0 Å². The number of pyridine rings is 1. The van der Waals surface area contributed by atoms with Gasteiger partial charge in [0.2, 0.25) is 0 Å². The van der Waals surface area contributed by atoms with Crippen molar-refractivity contribution in [2.75, 3.05) is 0 Å². The molecule has 0 aliphatic heterocycles. The fourth-order valence-corrected chi connectivity index (χ4v) is 11.2. The summed E-state index contributed by atoms with van der Waals surface area (Å²) >= 11 is 0. The van der Waals surface area contributed by atoms with Gasteiger partial charge in [-0.1, -0.05) is 164 Å². The van der Waals surface area contributed by atoms with Crippen LogP contribution < -0.4 is 5.19 Å². The standard InChI is InChI=1S/C45H35N2O.C18H24NSi.Ir/c1-27(2)35-23-33(29-12-6-5-7-13-29)24-36(28(3)4)44(35)47-41-17-11-10-16-40(41)46-45(47)32-20-21-42-38(22-32)39-26-37-31(25-43(39)48-42)19-18-30-14-8-9-15-34(30)37;1-13(2)16-11-17(15-9-7-14(3)8-10-15)19-12-18(16)20(4,5)6;/h5-19,21-28H,1-4H3;7-9,11-13H,1-6H3;/q2*-1;/i;3D3,13D;. The SMILES string of the molecule is CC(C)c1cc(-c2ccccc2)cc(C(C)C)c1-n1c(-c2[c-]cc3oc4cc5ccc6ccccc6c5cc4c3c2)nc2ccccc21.[2H]C([2H])([2H])c1c[c-]c(-c2cc(C([2H])(C)C)c([Si](C)(C)C)cn2)cc1.[Ir]. The molecule has 11 aromatic rings. The number of aromatic nitrogens is 3. The maximum absolute atomic E-state index is 8.48. The summed E-state index contributed by atoms with van der Waals surface area (Å²) in [5.74, 6) is 0.756. The minimum atomic E-state index is -2.13. The first-order valence-electron chi connectivity index (χ1n) is 25.7. The van der Waals surface area contributed by atoms with Gasteiger partial charge in [-0.2, -0.15) is 0 Å². The van der Waals surface area contributed by atoms with Gasteiger partial charge in [0.15, 0.2) is 0 Å². The maximum atomic E-state index is 8.48. The minimum absolute atomic E-state index is 0. The zero-order chi connectivity index (χ0) is 50.9. The van der Waals surface area contributed by atoms with E-state index in [2.05, 4.69) is 190 Å². The number of aryl methyl sites for hydroxylation is 1. The Morgan fingerprint density at radius 1 is 0.609 bits per heavy atom. The molecule has 347 valence electrons. The van der Waals surface area contributed by atoms with Crippen LogP contribution in [-0.2, 0) is 20.1 Å². The van der Waals surface area contributed by atoms with Gasteiger partial charge in [-0.05, 0) is 109 Å². The Hall–Kier alpha value is -6.43. The third-order valence-electron chi connectivity index (χ3n) is 13.2. The molecule has 0 N–H and O–H groups in total. The van der Waals surface area contributed by atoms with E-state index in [0.717, 1.165) is 61.2 Å². The Bertz CT molecular complexity index is 3800. The molecule has 0 saturated carbocycles. The molecule has 8 aromatic carbocycles. The topological polar surface area (TPSA) is 43.9 Å². The molecule has 1 radical (unpaired) electrons. The van der Waals surface area contributed by atoms with Crippen LogP contribution >= 0.6 is 0 Å². The van der Waals surface area contributed by atoms with Gasteiger partial charge in [-0.15, -0.1) is 59.2 Å². The van der Waals surface area contributed by atoms with E-state index < -0.39 is 20.8 Å². The molecule has 69 heavy (non-hydrogen) atoms. The summed E-state index contributed by atoms with van der Waals surface area (Å²) in [6.45, 7) is 17.6. The number of nitrogens with zero attached hydrogens (tertiary/aromatic N) is 3. The van der Waals surface area contributed by atoms with Gasteiger partial charge in [-0.25, -0.2) is 0 Å². The van der Waals surface area contributed by atoms with Crippen LogP contribution in [0.3, 0.4) is 0 Å². The van der Waals surface area contributed by atoms with Crippen molar-refractivity contribution in [2.24, 2.45) is 0 Å². The predicted octanol–water partition coefficient (Wildman–Crippen LogP) is 17.1. The van der Waals surface area contributed by atoms with Crippen molar-refractivity contribution in [1.82, 2.24) is 14.5 Å².